The van der Waals surface area contributed by atoms with E-state index in [0.717, 1.165) is 19.4 Å². The number of rotatable bonds is 3. The molecule has 1 amide bonds. The molecule has 1 saturated heterocycles. The summed E-state index contributed by atoms with van der Waals surface area (Å²) in [4.78, 5) is 11.8. The first-order valence-electron chi connectivity index (χ1n) is 7.71. The number of carbonyl (C=O) groups is 1. The van der Waals surface area contributed by atoms with Gasteiger partial charge in [0.1, 0.15) is 5.60 Å². The van der Waals surface area contributed by atoms with E-state index in [0.29, 0.717) is 18.5 Å². The topological polar surface area (TPSA) is 50.4 Å². The molecule has 2 rings (SSSR count). The molecule has 21 heavy (non-hydrogen) atoms. The predicted molar refractivity (Wildman–Crippen MR) is 84.1 cm³/mol. The van der Waals surface area contributed by atoms with Crippen LogP contribution in [0.3, 0.4) is 0 Å². The largest absolute Gasteiger partial charge is 0.444 e. The van der Waals surface area contributed by atoms with Crippen LogP contribution in [-0.4, -0.2) is 24.8 Å². The van der Waals surface area contributed by atoms with Gasteiger partial charge in [-0.15, -0.1) is 0 Å². The average molecular weight is 290 g/mol. The minimum atomic E-state index is -0.451. The maximum atomic E-state index is 11.8. The summed E-state index contributed by atoms with van der Waals surface area (Å²) < 4.78 is 5.30. The first-order valence-corrected chi connectivity index (χ1v) is 7.71. The van der Waals surface area contributed by atoms with Crippen LogP contribution in [0.25, 0.3) is 0 Å². The molecule has 2 N–H and O–H groups in total. The maximum absolute atomic E-state index is 11.8. The van der Waals surface area contributed by atoms with Gasteiger partial charge in [-0.05, 0) is 51.6 Å². The van der Waals surface area contributed by atoms with Crippen molar-refractivity contribution in [3.8, 4) is 0 Å². The Balaban J connectivity index is 1.92. The van der Waals surface area contributed by atoms with Crippen LogP contribution >= 0.6 is 0 Å². The van der Waals surface area contributed by atoms with Crippen LogP contribution in [0.1, 0.15) is 45.2 Å². The molecule has 0 radical (unpaired) electrons. The molecule has 1 heterocycles. The fourth-order valence-electron chi connectivity index (χ4n) is 2.75. The van der Waals surface area contributed by atoms with Crippen molar-refractivity contribution < 1.29 is 9.53 Å². The summed E-state index contributed by atoms with van der Waals surface area (Å²) in [6, 6.07) is 10.7. The third-order valence-electron chi connectivity index (χ3n) is 3.65. The molecule has 1 aromatic carbocycles. The molecule has 2 atom stereocenters. The third kappa shape index (κ3) is 5.05. The lowest BCUT2D eigenvalue weighted by atomic mass is 9.86. The van der Waals surface area contributed by atoms with Crippen molar-refractivity contribution in [2.75, 3.05) is 13.1 Å². The molecule has 1 aromatic rings. The van der Waals surface area contributed by atoms with Crippen LogP contribution < -0.4 is 10.6 Å². The highest BCUT2D eigenvalue weighted by molar-refractivity contribution is 5.67. The Morgan fingerprint density at radius 1 is 1.33 bits per heavy atom. The van der Waals surface area contributed by atoms with E-state index in [4.69, 9.17) is 4.74 Å². The van der Waals surface area contributed by atoms with Crippen molar-refractivity contribution in [1.82, 2.24) is 10.6 Å². The van der Waals surface area contributed by atoms with Crippen LogP contribution in [0, 0.1) is 5.92 Å². The minimum absolute atomic E-state index is 0.301. The summed E-state index contributed by atoms with van der Waals surface area (Å²) in [6.07, 6.45) is 1.92. The summed E-state index contributed by atoms with van der Waals surface area (Å²) in [6.45, 7) is 7.30. The van der Waals surface area contributed by atoms with Gasteiger partial charge < -0.3 is 15.4 Å². The zero-order valence-corrected chi connectivity index (χ0v) is 13.2. The Morgan fingerprint density at radius 3 is 2.71 bits per heavy atom. The summed E-state index contributed by atoms with van der Waals surface area (Å²) in [5.41, 5.74) is 0.835. The van der Waals surface area contributed by atoms with Crippen molar-refractivity contribution in [2.24, 2.45) is 5.92 Å². The normalized spacial score (nSPS) is 22.6. The van der Waals surface area contributed by atoms with Gasteiger partial charge in [-0.1, -0.05) is 30.3 Å². The van der Waals surface area contributed by atoms with Gasteiger partial charge >= 0.3 is 6.09 Å². The maximum Gasteiger partial charge on any atom is 0.407 e. The van der Waals surface area contributed by atoms with Gasteiger partial charge in [0.15, 0.2) is 0 Å². The van der Waals surface area contributed by atoms with Crippen LogP contribution in [0.4, 0.5) is 4.79 Å². The average Bonchev–Trinajstić information content (AvgIpc) is 2.45. The monoisotopic (exact) mass is 290 g/mol. The van der Waals surface area contributed by atoms with Gasteiger partial charge in [0.25, 0.3) is 0 Å². The van der Waals surface area contributed by atoms with E-state index in [1.165, 1.54) is 5.56 Å². The number of hydrogen-bond donors (Lipinski definition) is 2. The lowest BCUT2D eigenvalue weighted by molar-refractivity contribution is 0.0511. The second-order valence-corrected chi connectivity index (χ2v) is 6.63. The number of alkyl carbamates (subject to hydrolysis) is 1. The number of amides is 1. The van der Waals surface area contributed by atoms with Gasteiger partial charge in [-0.2, -0.15) is 0 Å². The van der Waals surface area contributed by atoms with E-state index >= 15 is 0 Å². The molecule has 0 unspecified atom stereocenters. The molecule has 0 bridgehead atoms. The molecular formula is C17H26N2O2. The molecule has 1 aliphatic heterocycles. The zero-order valence-electron chi connectivity index (χ0n) is 13.2. The van der Waals surface area contributed by atoms with E-state index < -0.39 is 5.60 Å². The highest BCUT2D eigenvalue weighted by Gasteiger charge is 2.27. The molecule has 1 fully saturated rings. The number of hydrogen-bond acceptors (Lipinski definition) is 3. The van der Waals surface area contributed by atoms with Gasteiger partial charge in [-0.25, -0.2) is 4.79 Å². The molecule has 0 saturated carbocycles. The van der Waals surface area contributed by atoms with E-state index in [-0.39, 0.29) is 6.09 Å². The lowest BCUT2D eigenvalue weighted by Gasteiger charge is -2.33. The molecule has 0 spiro atoms. The van der Waals surface area contributed by atoms with E-state index in [2.05, 4.69) is 34.9 Å². The summed E-state index contributed by atoms with van der Waals surface area (Å²) in [5.74, 6) is 0.397. The Hall–Kier alpha value is -1.55. The van der Waals surface area contributed by atoms with Crippen molar-refractivity contribution in [1.29, 1.82) is 0 Å². The van der Waals surface area contributed by atoms with E-state index in [1.54, 1.807) is 0 Å². The zero-order chi connectivity index (χ0) is 15.3. The fraction of sp³-hybridized carbons (Fsp3) is 0.588. The molecular weight excluding hydrogens is 264 g/mol. The Kier molecular flexibility index (Phi) is 5.23. The number of carbonyl (C=O) groups excluding carboxylic acids is 1. The molecule has 0 aliphatic carbocycles. The summed E-state index contributed by atoms with van der Waals surface area (Å²) in [7, 11) is 0. The van der Waals surface area contributed by atoms with Crippen molar-refractivity contribution >= 4 is 6.09 Å². The summed E-state index contributed by atoms with van der Waals surface area (Å²) in [5, 5.41) is 6.47. The van der Waals surface area contributed by atoms with Crippen LogP contribution in [0.2, 0.25) is 0 Å². The summed E-state index contributed by atoms with van der Waals surface area (Å²) >= 11 is 0. The molecule has 1 aliphatic rings. The first-order chi connectivity index (χ1) is 9.96. The first kappa shape index (κ1) is 15.8. The minimum Gasteiger partial charge on any atom is -0.444 e. The second-order valence-electron chi connectivity index (χ2n) is 6.63. The number of nitrogens with one attached hydrogen (secondary N) is 2. The standard InChI is InChI=1S/C17H26N2O2/c1-17(2,3)21-16(20)19-12-14-10-7-11-18-15(14)13-8-5-4-6-9-13/h4-6,8-9,14-15,18H,7,10-12H2,1-3H3,(H,19,20)/t14-,15+/m1/s1. The van der Waals surface area contributed by atoms with E-state index in [1.807, 2.05) is 26.8 Å². The highest BCUT2D eigenvalue weighted by Crippen LogP contribution is 2.28. The van der Waals surface area contributed by atoms with Crippen molar-refractivity contribution in [2.45, 2.75) is 45.3 Å². The third-order valence-corrected chi connectivity index (χ3v) is 3.65. The van der Waals surface area contributed by atoms with Gasteiger partial charge in [-0.3, -0.25) is 0 Å². The Morgan fingerprint density at radius 2 is 2.05 bits per heavy atom. The van der Waals surface area contributed by atoms with Crippen molar-refractivity contribution in [3.63, 3.8) is 0 Å². The predicted octanol–water partition coefficient (Wildman–Crippen LogP) is 3.25. The number of benzene rings is 1. The molecule has 0 aromatic heterocycles. The molecule has 116 valence electrons. The highest BCUT2D eigenvalue weighted by atomic mass is 16.6. The van der Waals surface area contributed by atoms with Crippen LogP contribution in [-0.2, 0) is 4.74 Å². The van der Waals surface area contributed by atoms with Gasteiger partial charge in [0, 0.05) is 12.6 Å². The Labute approximate surface area is 127 Å². The SMILES string of the molecule is CC(C)(C)OC(=O)NC[C@H]1CCCN[C@H]1c1ccccc1. The van der Waals surface area contributed by atoms with Crippen LogP contribution in [0.5, 0.6) is 0 Å². The molecule has 4 nitrogen and oxygen atoms in total. The second kappa shape index (κ2) is 6.94. The number of ether oxygens (including phenoxy) is 1. The smallest absolute Gasteiger partial charge is 0.407 e. The quantitative estimate of drug-likeness (QED) is 0.898. The van der Waals surface area contributed by atoms with E-state index in [9.17, 15) is 4.79 Å². The van der Waals surface area contributed by atoms with Crippen LogP contribution in [0.15, 0.2) is 30.3 Å². The Bertz CT molecular complexity index is 454. The van der Waals surface area contributed by atoms with Gasteiger partial charge in [0.2, 0.25) is 0 Å². The number of piperidine rings is 1. The molecule has 4 heteroatoms. The lowest BCUT2D eigenvalue weighted by Crippen LogP contribution is -2.42. The fourth-order valence-corrected chi connectivity index (χ4v) is 2.75. The van der Waals surface area contributed by atoms with Gasteiger partial charge in [0.05, 0.1) is 0 Å². The van der Waals surface area contributed by atoms with Crippen molar-refractivity contribution in [3.05, 3.63) is 35.9 Å².